The van der Waals surface area contributed by atoms with Crippen molar-refractivity contribution in [2.24, 2.45) is 0 Å². The van der Waals surface area contributed by atoms with Crippen LogP contribution in [0.4, 0.5) is 4.79 Å². The molecule has 92 valence electrons. The highest BCUT2D eigenvalue weighted by molar-refractivity contribution is 5.77. The largest absolute Gasteiger partial charge is 0.448 e. The minimum Gasteiger partial charge on any atom is -0.448 e. The zero-order valence-electron chi connectivity index (χ0n) is 9.86. The maximum atomic E-state index is 11.4. The molecule has 16 heavy (non-hydrogen) atoms. The molecule has 0 unspecified atom stereocenters. The van der Waals surface area contributed by atoms with Crippen molar-refractivity contribution in [3.05, 3.63) is 0 Å². The maximum Gasteiger partial charge on any atom is 0.409 e. The molecule has 1 saturated heterocycles. The maximum absolute atomic E-state index is 11.4. The topological polar surface area (TPSA) is 61.9 Å². The van der Waals surface area contributed by atoms with E-state index in [2.05, 4.69) is 5.32 Å². The number of amides is 2. The lowest BCUT2D eigenvalue weighted by molar-refractivity contribution is -0.121. The Hall–Kier alpha value is -1.30. The minimum absolute atomic E-state index is 0.0263. The molecule has 1 N–H and O–H groups in total. The van der Waals surface area contributed by atoms with E-state index in [1.807, 2.05) is 19.0 Å². The summed E-state index contributed by atoms with van der Waals surface area (Å²) >= 11 is 0. The number of rotatable bonds is 6. The van der Waals surface area contributed by atoms with Gasteiger partial charge in [0, 0.05) is 26.1 Å². The zero-order valence-corrected chi connectivity index (χ0v) is 9.86. The Morgan fingerprint density at radius 1 is 1.56 bits per heavy atom. The third kappa shape index (κ3) is 4.48. The summed E-state index contributed by atoms with van der Waals surface area (Å²) in [6.07, 6.45) is 0.0174. The smallest absolute Gasteiger partial charge is 0.409 e. The number of nitrogens with zero attached hydrogens (tertiary/aromatic N) is 2. The first-order chi connectivity index (χ1) is 7.59. The second kappa shape index (κ2) is 6.32. The highest BCUT2D eigenvalue weighted by Gasteiger charge is 2.21. The van der Waals surface area contributed by atoms with Crippen LogP contribution in [-0.2, 0) is 9.53 Å². The van der Waals surface area contributed by atoms with E-state index in [1.54, 1.807) is 4.90 Å². The standard InChI is InChI=1S/C10H19N3O3/c1-12(2)6-4-11-9(14)3-5-13-7-8-16-10(13)15/h3-8H2,1-2H3,(H,11,14). The Balaban J connectivity index is 2.08. The molecule has 1 aliphatic rings. The number of ether oxygens (including phenoxy) is 1. The molecule has 2 amide bonds. The summed E-state index contributed by atoms with van der Waals surface area (Å²) < 4.78 is 4.76. The molecule has 0 aromatic carbocycles. The van der Waals surface area contributed by atoms with E-state index in [-0.39, 0.29) is 12.0 Å². The normalized spacial score (nSPS) is 15.4. The number of carbonyl (C=O) groups is 2. The Morgan fingerprint density at radius 2 is 2.31 bits per heavy atom. The van der Waals surface area contributed by atoms with E-state index in [1.165, 1.54) is 0 Å². The molecule has 0 atom stereocenters. The number of hydrogen-bond acceptors (Lipinski definition) is 4. The fourth-order valence-electron chi connectivity index (χ4n) is 1.37. The van der Waals surface area contributed by atoms with Gasteiger partial charge in [-0.2, -0.15) is 0 Å². The van der Waals surface area contributed by atoms with Crippen LogP contribution in [0.25, 0.3) is 0 Å². The van der Waals surface area contributed by atoms with Gasteiger partial charge in [-0.1, -0.05) is 0 Å². The van der Waals surface area contributed by atoms with Crippen LogP contribution in [0.15, 0.2) is 0 Å². The van der Waals surface area contributed by atoms with Crippen LogP contribution in [0.1, 0.15) is 6.42 Å². The van der Waals surface area contributed by atoms with Gasteiger partial charge in [0.05, 0.1) is 6.54 Å². The number of likely N-dealkylation sites (N-methyl/N-ethyl adjacent to an activating group) is 1. The molecule has 0 saturated carbocycles. The number of carbonyl (C=O) groups excluding carboxylic acids is 2. The van der Waals surface area contributed by atoms with Crippen LogP contribution >= 0.6 is 0 Å². The first-order valence-electron chi connectivity index (χ1n) is 5.42. The molecule has 1 rings (SSSR count). The summed E-state index contributed by atoms with van der Waals surface area (Å²) in [4.78, 5) is 26.0. The molecule has 0 radical (unpaired) electrons. The average molecular weight is 229 g/mol. The molecule has 0 aliphatic carbocycles. The average Bonchev–Trinajstić information content (AvgIpc) is 2.60. The first-order valence-corrected chi connectivity index (χ1v) is 5.42. The van der Waals surface area contributed by atoms with Gasteiger partial charge in [-0.3, -0.25) is 4.79 Å². The zero-order chi connectivity index (χ0) is 12.0. The van der Waals surface area contributed by atoms with Gasteiger partial charge in [-0.05, 0) is 14.1 Å². The predicted molar refractivity (Wildman–Crippen MR) is 59.1 cm³/mol. The molecular formula is C10H19N3O3. The van der Waals surface area contributed by atoms with Crippen molar-refractivity contribution >= 4 is 12.0 Å². The van der Waals surface area contributed by atoms with Gasteiger partial charge in [0.2, 0.25) is 5.91 Å². The lowest BCUT2D eigenvalue weighted by atomic mass is 10.3. The molecule has 1 heterocycles. The van der Waals surface area contributed by atoms with Crippen molar-refractivity contribution in [3.63, 3.8) is 0 Å². The van der Waals surface area contributed by atoms with Gasteiger partial charge in [-0.15, -0.1) is 0 Å². The van der Waals surface area contributed by atoms with Crippen molar-refractivity contribution in [2.75, 3.05) is 46.9 Å². The van der Waals surface area contributed by atoms with E-state index in [9.17, 15) is 9.59 Å². The lowest BCUT2D eigenvalue weighted by Gasteiger charge is -2.13. The summed E-state index contributed by atoms with van der Waals surface area (Å²) in [5.74, 6) is -0.0263. The first kappa shape index (κ1) is 12.8. The number of nitrogens with one attached hydrogen (secondary N) is 1. The van der Waals surface area contributed by atoms with E-state index in [0.717, 1.165) is 6.54 Å². The second-order valence-electron chi connectivity index (χ2n) is 4.00. The molecule has 6 heteroatoms. The summed E-state index contributed by atoms with van der Waals surface area (Å²) in [6, 6.07) is 0. The highest BCUT2D eigenvalue weighted by atomic mass is 16.6. The fraction of sp³-hybridized carbons (Fsp3) is 0.800. The van der Waals surface area contributed by atoms with Crippen molar-refractivity contribution in [3.8, 4) is 0 Å². The van der Waals surface area contributed by atoms with Crippen LogP contribution < -0.4 is 5.32 Å². The van der Waals surface area contributed by atoms with Crippen molar-refractivity contribution in [1.82, 2.24) is 15.1 Å². The molecule has 1 aliphatic heterocycles. The Kier molecular flexibility index (Phi) is 5.04. The van der Waals surface area contributed by atoms with Crippen LogP contribution in [0.3, 0.4) is 0 Å². The van der Waals surface area contributed by atoms with Crippen molar-refractivity contribution in [2.45, 2.75) is 6.42 Å². The van der Waals surface area contributed by atoms with Gasteiger partial charge >= 0.3 is 6.09 Å². The highest BCUT2D eigenvalue weighted by Crippen LogP contribution is 2.03. The quantitative estimate of drug-likeness (QED) is 0.667. The molecule has 0 aromatic rings. The van der Waals surface area contributed by atoms with Gasteiger partial charge in [0.1, 0.15) is 6.61 Å². The summed E-state index contributed by atoms with van der Waals surface area (Å²) in [7, 11) is 3.90. The molecule has 1 fully saturated rings. The lowest BCUT2D eigenvalue weighted by Crippen LogP contribution is -2.34. The van der Waals surface area contributed by atoms with E-state index >= 15 is 0 Å². The van der Waals surface area contributed by atoms with Crippen LogP contribution in [0, 0.1) is 0 Å². The molecule has 0 bridgehead atoms. The van der Waals surface area contributed by atoms with E-state index in [0.29, 0.717) is 32.7 Å². The Bertz CT molecular complexity index is 256. The molecule has 0 aromatic heterocycles. The summed E-state index contributed by atoms with van der Waals surface area (Å²) in [6.45, 7) is 2.91. The monoisotopic (exact) mass is 229 g/mol. The van der Waals surface area contributed by atoms with Crippen molar-refractivity contribution < 1.29 is 14.3 Å². The molecule has 6 nitrogen and oxygen atoms in total. The summed E-state index contributed by atoms with van der Waals surface area (Å²) in [5.41, 5.74) is 0. The fourth-order valence-corrected chi connectivity index (χ4v) is 1.37. The third-order valence-corrected chi connectivity index (χ3v) is 2.33. The van der Waals surface area contributed by atoms with Crippen molar-refractivity contribution in [1.29, 1.82) is 0 Å². The van der Waals surface area contributed by atoms with Crippen LogP contribution in [0.2, 0.25) is 0 Å². The third-order valence-electron chi connectivity index (χ3n) is 2.33. The van der Waals surface area contributed by atoms with E-state index in [4.69, 9.17) is 4.74 Å². The van der Waals surface area contributed by atoms with Gasteiger partial charge in [-0.25, -0.2) is 4.79 Å². The minimum atomic E-state index is -0.318. The molecule has 0 spiro atoms. The van der Waals surface area contributed by atoms with Crippen LogP contribution in [-0.4, -0.2) is 68.7 Å². The number of cyclic esters (lactones) is 1. The Morgan fingerprint density at radius 3 is 2.88 bits per heavy atom. The SMILES string of the molecule is CN(C)CCNC(=O)CCN1CCOC1=O. The molecular weight excluding hydrogens is 210 g/mol. The van der Waals surface area contributed by atoms with Gasteiger partial charge in [0.25, 0.3) is 0 Å². The van der Waals surface area contributed by atoms with Gasteiger partial charge < -0.3 is 19.9 Å². The van der Waals surface area contributed by atoms with Gasteiger partial charge in [0.15, 0.2) is 0 Å². The van der Waals surface area contributed by atoms with Crippen LogP contribution in [0.5, 0.6) is 0 Å². The predicted octanol–water partition coefficient (Wildman–Crippen LogP) is -0.493. The number of hydrogen-bond donors (Lipinski definition) is 1. The second-order valence-corrected chi connectivity index (χ2v) is 4.00. The summed E-state index contributed by atoms with van der Waals surface area (Å²) in [5, 5.41) is 2.79. The Labute approximate surface area is 95.5 Å². The van der Waals surface area contributed by atoms with E-state index < -0.39 is 0 Å².